The van der Waals surface area contributed by atoms with Crippen LogP contribution in [0.25, 0.3) is 0 Å². The molecular formula is C14H12ClFN2O. The first-order valence-corrected chi connectivity index (χ1v) is 6.03. The summed E-state index contributed by atoms with van der Waals surface area (Å²) in [6, 6.07) is 11.2. The predicted octanol–water partition coefficient (Wildman–Crippen LogP) is 3.24. The van der Waals surface area contributed by atoms with Gasteiger partial charge in [-0.3, -0.25) is 4.79 Å². The zero-order valence-corrected chi connectivity index (χ0v) is 10.7. The van der Waals surface area contributed by atoms with Gasteiger partial charge in [-0.15, -0.1) is 0 Å². The number of anilines is 2. The van der Waals surface area contributed by atoms with Crippen molar-refractivity contribution < 1.29 is 9.18 Å². The van der Waals surface area contributed by atoms with E-state index in [1.807, 2.05) is 0 Å². The first-order valence-electron chi connectivity index (χ1n) is 5.65. The number of carbonyl (C=O) groups is 1. The number of benzene rings is 2. The monoisotopic (exact) mass is 278 g/mol. The fourth-order valence-electron chi connectivity index (χ4n) is 1.67. The highest BCUT2D eigenvalue weighted by atomic mass is 35.5. The maximum atomic E-state index is 13.5. The standard InChI is InChI=1S/C14H12ClFN2O/c15-10-5-3-6-11(16)14(10)18-13(19)8-9-4-1-2-7-12(9)17/h1-7H,8,17H2,(H,18,19). The van der Waals surface area contributed by atoms with E-state index in [4.69, 9.17) is 17.3 Å². The van der Waals surface area contributed by atoms with Crippen molar-refractivity contribution >= 4 is 28.9 Å². The van der Waals surface area contributed by atoms with Gasteiger partial charge < -0.3 is 11.1 Å². The highest BCUT2D eigenvalue weighted by Crippen LogP contribution is 2.24. The molecule has 0 radical (unpaired) electrons. The van der Waals surface area contributed by atoms with E-state index in [0.717, 1.165) is 0 Å². The number of halogens is 2. The van der Waals surface area contributed by atoms with E-state index < -0.39 is 5.82 Å². The van der Waals surface area contributed by atoms with Gasteiger partial charge in [0.05, 0.1) is 17.1 Å². The molecule has 2 aromatic carbocycles. The Balaban J connectivity index is 2.12. The van der Waals surface area contributed by atoms with Gasteiger partial charge in [0.15, 0.2) is 0 Å². The average molecular weight is 279 g/mol. The van der Waals surface area contributed by atoms with Crippen LogP contribution in [0.1, 0.15) is 5.56 Å². The summed E-state index contributed by atoms with van der Waals surface area (Å²) < 4.78 is 13.5. The minimum absolute atomic E-state index is 0.0105. The molecule has 19 heavy (non-hydrogen) atoms. The van der Waals surface area contributed by atoms with Crippen LogP contribution in [0, 0.1) is 5.82 Å². The molecule has 3 nitrogen and oxygen atoms in total. The fraction of sp³-hybridized carbons (Fsp3) is 0.0714. The zero-order chi connectivity index (χ0) is 13.8. The Hall–Kier alpha value is -2.07. The summed E-state index contributed by atoms with van der Waals surface area (Å²) in [6.07, 6.45) is 0.0668. The molecule has 0 aliphatic carbocycles. The van der Waals surface area contributed by atoms with Crippen LogP contribution in [0.5, 0.6) is 0 Å². The lowest BCUT2D eigenvalue weighted by molar-refractivity contribution is -0.115. The molecule has 0 bridgehead atoms. The van der Waals surface area contributed by atoms with Crippen LogP contribution in [0.2, 0.25) is 5.02 Å². The lowest BCUT2D eigenvalue weighted by atomic mass is 10.1. The van der Waals surface area contributed by atoms with Crippen LogP contribution in [0.4, 0.5) is 15.8 Å². The van der Waals surface area contributed by atoms with Gasteiger partial charge in [-0.25, -0.2) is 4.39 Å². The van der Waals surface area contributed by atoms with Crippen LogP contribution in [0.3, 0.4) is 0 Å². The van der Waals surface area contributed by atoms with E-state index in [0.29, 0.717) is 11.3 Å². The third-order valence-electron chi connectivity index (χ3n) is 2.63. The molecule has 0 spiro atoms. The quantitative estimate of drug-likeness (QED) is 0.847. The normalized spacial score (nSPS) is 10.2. The zero-order valence-electron chi connectivity index (χ0n) is 9.99. The van der Waals surface area contributed by atoms with Gasteiger partial charge in [-0.2, -0.15) is 0 Å². The lowest BCUT2D eigenvalue weighted by Crippen LogP contribution is -2.16. The first kappa shape index (κ1) is 13.4. The second-order valence-corrected chi connectivity index (χ2v) is 4.43. The van der Waals surface area contributed by atoms with Gasteiger partial charge in [-0.1, -0.05) is 35.9 Å². The Morgan fingerprint density at radius 3 is 2.63 bits per heavy atom. The molecule has 0 aliphatic heterocycles. The van der Waals surface area contributed by atoms with Crippen LogP contribution < -0.4 is 11.1 Å². The molecular weight excluding hydrogens is 267 g/mol. The lowest BCUT2D eigenvalue weighted by Gasteiger charge is -2.09. The van der Waals surface area contributed by atoms with Crippen molar-refractivity contribution in [2.75, 3.05) is 11.1 Å². The van der Waals surface area contributed by atoms with E-state index in [-0.39, 0.29) is 23.0 Å². The topological polar surface area (TPSA) is 55.1 Å². The summed E-state index contributed by atoms with van der Waals surface area (Å²) in [5.74, 6) is -0.938. The second kappa shape index (κ2) is 5.71. The first-order chi connectivity index (χ1) is 9.08. The largest absolute Gasteiger partial charge is 0.398 e. The van der Waals surface area contributed by atoms with Crippen molar-refractivity contribution in [3.8, 4) is 0 Å². The average Bonchev–Trinajstić information content (AvgIpc) is 2.37. The number of nitrogen functional groups attached to an aromatic ring is 1. The van der Waals surface area contributed by atoms with Crippen LogP contribution >= 0.6 is 11.6 Å². The highest BCUT2D eigenvalue weighted by molar-refractivity contribution is 6.33. The molecule has 0 aliphatic rings. The van der Waals surface area contributed by atoms with Crippen molar-refractivity contribution in [2.45, 2.75) is 6.42 Å². The molecule has 5 heteroatoms. The molecule has 0 fully saturated rings. The maximum Gasteiger partial charge on any atom is 0.228 e. The van der Waals surface area contributed by atoms with Crippen molar-refractivity contribution in [1.82, 2.24) is 0 Å². The summed E-state index contributed by atoms with van der Waals surface area (Å²) in [5, 5.41) is 2.61. The van der Waals surface area contributed by atoms with E-state index in [2.05, 4.69) is 5.32 Å². The van der Waals surface area contributed by atoms with Crippen molar-refractivity contribution in [3.05, 3.63) is 58.9 Å². The molecule has 2 rings (SSSR count). The van der Waals surface area contributed by atoms with Crippen LogP contribution in [0.15, 0.2) is 42.5 Å². The minimum atomic E-state index is -0.568. The Morgan fingerprint density at radius 1 is 1.21 bits per heavy atom. The van der Waals surface area contributed by atoms with Crippen LogP contribution in [-0.4, -0.2) is 5.91 Å². The molecule has 2 aromatic rings. The van der Waals surface area contributed by atoms with Crippen molar-refractivity contribution in [2.24, 2.45) is 0 Å². The van der Waals surface area contributed by atoms with Gasteiger partial charge in [-0.05, 0) is 23.8 Å². The number of carbonyl (C=O) groups excluding carboxylic acids is 1. The number of nitrogens with one attached hydrogen (secondary N) is 1. The molecule has 1 amide bonds. The number of nitrogens with two attached hydrogens (primary N) is 1. The summed E-state index contributed by atoms with van der Waals surface area (Å²) in [6.45, 7) is 0. The van der Waals surface area contributed by atoms with Crippen molar-refractivity contribution in [3.63, 3.8) is 0 Å². The predicted molar refractivity (Wildman–Crippen MR) is 74.6 cm³/mol. The van der Waals surface area contributed by atoms with Gasteiger partial charge in [0.25, 0.3) is 0 Å². The number of hydrogen-bond donors (Lipinski definition) is 2. The molecule has 3 N–H and O–H groups in total. The van der Waals surface area contributed by atoms with E-state index in [1.165, 1.54) is 18.2 Å². The summed E-state index contributed by atoms with van der Waals surface area (Å²) >= 11 is 5.83. The van der Waals surface area contributed by atoms with Crippen LogP contribution in [-0.2, 0) is 11.2 Å². The summed E-state index contributed by atoms with van der Waals surface area (Å²) in [5.41, 5.74) is 6.94. The SMILES string of the molecule is Nc1ccccc1CC(=O)Nc1c(F)cccc1Cl. The number of para-hydroxylation sites is 2. The van der Waals surface area contributed by atoms with E-state index in [1.54, 1.807) is 24.3 Å². The third-order valence-corrected chi connectivity index (χ3v) is 2.95. The molecule has 0 heterocycles. The number of amides is 1. The molecule has 0 saturated heterocycles. The molecule has 0 aromatic heterocycles. The number of rotatable bonds is 3. The Kier molecular flexibility index (Phi) is 4.02. The van der Waals surface area contributed by atoms with Gasteiger partial charge in [0.2, 0.25) is 5.91 Å². The third kappa shape index (κ3) is 3.23. The molecule has 0 unspecified atom stereocenters. The smallest absolute Gasteiger partial charge is 0.228 e. The fourth-order valence-corrected chi connectivity index (χ4v) is 1.88. The molecule has 0 atom stereocenters. The Bertz CT molecular complexity index is 596. The summed E-state index contributed by atoms with van der Waals surface area (Å²) in [4.78, 5) is 11.8. The van der Waals surface area contributed by atoms with E-state index >= 15 is 0 Å². The van der Waals surface area contributed by atoms with Gasteiger partial charge in [0, 0.05) is 5.69 Å². The number of hydrogen-bond acceptors (Lipinski definition) is 2. The second-order valence-electron chi connectivity index (χ2n) is 4.02. The molecule has 98 valence electrons. The minimum Gasteiger partial charge on any atom is -0.398 e. The molecule has 0 saturated carbocycles. The van der Waals surface area contributed by atoms with Gasteiger partial charge >= 0.3 is 0 Å². The van der Waals surface area contributed by atoms with Gasteiger partial charge in [0.1, 0.15) is 5.82 Å². The Labute approximate surface area is 115 Å². The van der Waals surface area contributed by atoms with Crippen molar-refractivity contribution in [1.29, 1.82) is 0 Å². The summed E-state index contributed by atoms with van der Waals surface area (Å²) in [7, 11) is 0. The highest BCUT2D eigenvalue weighted by Gasteiger charge is 2.12. The Morgan fingerprint density at radius 2 is 1.95 bits per heavy atom. The maximum absolute atomic E-state index is 13.5. The van der Waals surface area contributed by atoms with E-state index in [9.17, 15) is 9.18 Å².